The SMILES string of the molecule is CC(C)c1ccccc1NC(=O)c1cccc(S)c1. The molecular weight excluding hydrogens is 254 g/mol. The van der Waals surface area contributed by atoms with Crippen LogP contribution in [0.25, 0.3) is 0 Å². The van der Waals surface area contributed by atoms with Crippen LogP contribution in [0, 0.1) is 0 Å². The molecule has 0 saturated heterocycles. The standard InChI is InChI=1S/C16H17NOS/c1-11(2)14-8-3-4-9-15(14)17-16(18)12-6-5-7-13(19)10-12/h3-11,19H,1-2H3,(H,17,18). The number of anilines is 1. The molecule has 0 bridgehead atoms. The fourth-order valence-corrected chi connectivity index (χ4v) is 2.18. The van der Waals surface area contributed by atoms with Crippen LogP contribution in [-0.2, 0) is 0 Å². The van der Waals surface area contributed by atoms with E-state index < -0.39 is 0 Å². The minimum absolute atomic E-state index is 0.107. The Morgan fingerprint density at radius 1 is 1.11 bits per heavy atom. The number of hydrogen-bond donors (Lipinski definition) is 2. The van der Waals surface area contributed by atoms with Crippen molar-refractivity contribution in [3.8, 4) is 0 Å². The van der Waals surface area contributed by atoms with E-state index in [0.717, 1.165) is 16.1 Å². The molecule has 0 atom stereocenters. The summed E-state index contributed by atoms with van der Waals surface area (Å²) in [5, 5.41) is 2.96. The van der Waals surface area contributed by atoms with Crippen molar-refractivity contribution >= 4 is 24.2 Å². The molecule has 2 aromatic rings. The molecule has 0 radical (unpaired) electrons. The largest absolute Gasteiger partial charge is 0.322 e. The third-order valence-corrected chi connectivity index (χ3v) is 3.22. The van der Waals surface area contributed by atoms with Crippen molar-refractivity contribution in [1.29, 1.82) is 0 Å². The van der Waals surface area contributed by atoms with Crippen LogP contribution in [0.2, 0.25) is 0 Å². The summed E-state index contributed by atoms with van der Waals surface area (Å²) in [7, 11) is 0. The van der Waals surface area contributed by atoms with E-state index in [9.17, 15) is 4.79 Å². The van der Waals surface area contributed by atoms with Crippen molar-refractivity contribution in [1.82, 2.24) is 0 Å². The lowest BCUT2D eigenvalue weighted by molar-refractivity contribution is 0.102. The molecule has 1 N–H and O–H groups in total. The zero-order valence-electron chi connectivity index (χ0n) is 11.1. The van der Waals surface area contributed by atoms with Gasteiger partial charge in [-0.05, 0) is 35.7 Å². The number of amides is 1. The fourth-order valence-electron chi connectivity index (χ4n) is 1.96. The lowest BCUT2D eigenvalue weighted by atomic mass is 10.0. The van der Waals surface area contributed by atoms with E-state index in [2.05, 4.69) is 31.8 Å². The molecular formula is C16H17NOS. The summed E-state index contributed by atoms with van der Waals surface area (Å²) < 4.78 is 0. The molecule has 0 unspecified atom stereocenters. The number of para-hydroxylation sites is 1. The normalized spacial score (nSPS) is 10.5. The number of benzene rings is 2. The second-order valence-corrected chi connectivity index (χ2v) is 5.26. The average Bonchev–Trinajstić information content (AvgIpc) is 2.39. The third kappa shape index (κ3) is 3.38. The Labute approximate surface area is 119 Å². The molecule has 3 heteroatoms. The minimum Gasteiger partial charge on any atom is -0.322 e. The summed E-state index contributed by atoms with van der Waals surface area (Å²) in [5.74, 6) is 0.261. The molecule has 2 nitrogen and oxygen atoms in total. The van der Waals surface area contributed by atoms with E-state index >= 15 is 0 Å². The molecule has 0 heterocycles. The van der Waals surface area contributed by atoms with Gasteiger partial charge in [0.2, 0.25) is 0 Å². The lowest BCUT2D eigenvalue weighted by Gasteiger charge is -2.13. The zero-order chi connectivity index (χ0) is 13.8. The molecule has 1 amide bonds. The molecule has 98 valence electrons. The second-order valence-electron chi connectivity index (χ2n) is 4.75. The minimum atomic E-state index is -0.107. The quantitative estimate of drug-likeness (QED) is 0.798. The topological polar surface area (TPSA) is 29.1 Å². The molecule has 0 saturated carbocycles. The maximum atomic E-state index is 12.2. The molecule has 0 aromatic heterocycles. The van der Waals surface area contributed by atoms with Gasteiger partial charge in [0.05, 0.1) is 0 Å². The lowest BCUT2D eigenvalue weighted by Crippen LogP contribution is -2.13. The smallest absolute Gasteiger partial charge is 0.255 e. The van der Waals surface area contributed by atoms with E-state index in [1.807, 2.05) is 36.4 Å². The van der Waals surface area contributed by atoms with Crippen LogP contribution in [0.4, 0.5) is 5.69 Å². The number of hydrogen-bond acceptors (Lipinski definition) is 2. The van der Waals surface area contributed by atoms with Crippen molar-refractivity contribution in [3.63, 3.8) is 0 Å². The van der Waals surface area contributed by atoms with Crippen LogP contribution < -0.4 is 5.32 Å². The third-order valence-electron chi connectivity index (χ3n) is 2.94. The molecule has 2 rings (SSSR count). The van der Waals surface area contributed by atoms with Crippen molar-refractivity contribution in [2.24, 2.45) is 0 Å². The highest BCUT2D eigenvalue weighted by atomic mass is 32.1. The van der Waals surface area contributed by atoms with Crippen LogP contribution in [-0.4, -0.2) is 5.91 Å². The van der Waals surface area contributed by atoms with Crippen molar-refractivity contribution in [2.75, 3.05) is 5.32 Å². The first-order valence-electron chi connectivity index (χ1n) is 6.27. The first-order chi connectivity index (χ1) is 9.08. The van der Waals surface area contributed by atoms with E-state index in [-0.39, 0.29) is 5.91 Å². The van der Waals surface area contributed by atoms with Crippen molar-refractivity contribution in [2.45, 2.75) is 24.7 Å². The van der Waals surface area contributed by atoms with Gasteiger partial charge in [-0.1, -0.05) is 38.1 Å². The summed E-state index contributed by atoms with van der Waals surface area (Å²) >= 11 is 4.25. The van der Waals surface area contributed by atoms with E-state index in [1.54, 1.807) is 12.1 Å². The zero-order valence-corrected chi connectivity index (χ0v) is 11.9. The van der Waals surface area contributed by atoms with Crippen LogP contribution >= 0.6 is 12.6 Å². The van der Waals surface area contributed by atoms with Crippen LogP contribution in [0.3, 0.4) is 0 Å². The van der Waals surface area contributed by atoms with Gasteiger partial charge in [-0.2, -0.15) is 0 Å². The van der Waals surface area contributed by atoms with Gasteiger partial charge in [0.25, 0.3) is 5.91 Å². The Morgan fingerprint density at radius 3 is 2.53 bits per heavy atom. The Morgan fingerprint density at radius 2 is 1.84 bits per heavy atom. The average molecular weight is 271 g/mol. The van der Waals surface area contributed by atoms with Crippen LogP contribution in [0.15, 0.2) is 53.4 Å². The first-order valence-corrected chi connectivity index (χ1v) is 6.72. The Hall–Kier alpha value is -1.74. The van der Waals surface area contributed by atoms with E-state index in [1.165, 1.54) is 0 Å². The van der Waals surface area contributed by atoms with E-state index in [4.69, 9.17) is 0 Å². The van der Waals surface area contributed by atoms with E-state index in [0.29, 0.717) is 11.5 Å². The van der Waals surface area contributed by atoms with Gasteiger partial charge in [0, 0.05) is 16.1 Å². The number of thiol groups is 1. The van der Waals surface area contributed by atoms with Gasteiger partial charge in [-0.25, -0.2) is 0 Å². The molecule has 0 aliphatic heterocycles. The first kappa shape index (κ1) is 13.7. The summed E-state index contributed by atoms with van der Waals surface area (Å²) in [6, 6.07) is 15.1. The number of rotatable bonds is 3. The van der Waals surface area contributed by atoms with Crippen LogP contribution in [0.1, 0.15) is 35.7 Å². The summed E-state index contributed by atoms with van der Waals surface area (Å²) in [5.41, 5.74) is 2.62. The van der Waals surface area contributed by atoms with Crippen LogP contribution in [0.5, 0.6) is 0 Å². The second kappa shape index (κ2) is 5.93. The maximum absolute atomic E-state index is 12.2. The predicted octanol–water partition coefficient (Wildman–Crippen LogP) is 4.35. The highest BCUT2D eigenvalue weighted by Gasteiger charge is 2.10. The fraction of sp³-hybridized carbons (Fsp3) is 0.188. The highest BCUT2D eigenvalue weighted by molar-refractivity contribution is 7.80. The van der Waals surface area contributed by atoms with Gasteiger partial charge in [-0.15, -0.1) is 12.6 Å². The molecule has 2 aromatic carbocycles. The molecule has 0 spiro atoms. The number of nitrogens with one attached hydrogen (secondary N) is 1. The predicted molar refractivity (Wildman–Crippen MR) is 82.2 cm³/mol. The molecule has 0 aliphatic carbocycles. The number of carbonyl (C=O) groups is 1. The van der Waals surface area contributed by atoms with Crippen molar-refractivity contribution in [3.05, 3.63) is 59.7 Å². The highest BCUT2D eigenvalue weighted by Crippen LogP contribution is 2.24. The summed E-state index contributed by atoms with van der Waals surface area (Å²) in [6.07, 6.45) is 0. The van der Waals surface area contributed by atoms with Gasteiger partial charge >= 0.3 is 0 Å². The summed E-state index contributed by atoms with van der Waals surface area (Å²) in [4.78, 5) is 13.0. The molecule has 0 fully saturated rings. The maximum Gasteiger partial charge on any atom is 0.255 e. The van der Waals surface area contributed by atoms with Gasteiger partial charge in [0.15, 0.2) is 0 Å². The molecule has 0 aliphatic rings. The van der Waals surface area contributed by atoms with Gasteiger partial charge in [-0.3, -0.25) is 4.79 Å². The van der Waals surface area contributed by atoms with Crippen molar-refractivity contribution < 1.29 is 4.79 Å². The summed E-state index contributed by atoms with van der Waals surface area (Å²) in [6.45, 7) is 4.22. The molecule has 19 heavy (non-hydrogen) atoms. The van der Waals surface area contributed by atoms with Gasteiger partial charge < -0.3 is 5.32 Å². The monoisotopic (exact) mass is 271 g/mol. The van der Waals surface area contributed by atoms with Gasteiger partial charge in [0.1, 0.15) is 0 Å². The Balaban J connectivity index is 2.24. The Bertz CT molecular complexity index is 593. The number of carbonyl (C=O) groups excluding carboxylic acids is 1. The Kier molecular flexibility index (Phi) is 4.27.